The quantitative estimate of drug-likeness (QED) is 0.449. The third kappa shape index (κ3) is 6.43. The van der Waals surface area contributed by atoms with E-state index in [1.807, 2.05) is 3.28 Å². The van der Waals surface area contributed by atoms with Gasteiger partial charge in [-0.1, -0.05) is 0 Å². The molecule has 4 rings (SSSR count). The standard InChI is InChI=1S/C23H29.C11H17.C3H6.2ClH.Zr/c1-14-9-16-11-17-10-15(2)21(23(6,7)8)13-19(17)18(16)12-20(14)22(3,4)5;1-5-9-6-7-10(8-9)11(2,3)4;1-3-2;;;/h9-13H,1-8H3;7-9H,5H2,1-4H3;1-2H3;2*1H;/q;;;;;+2/p-2. The minimum absolute atomic E-state index is 0. The summed E-state index contributed by atoms with van der Waals surface area (Å²) in [4.78, 5) is 0. The molecule has 0 fully saturated rings. The minimum atomic E-state index is -2.29. The number of fused-ring (bicyclic) bond motifs is 3. The molecule has 0 saturated carbocycles. The molecule has 0 bridgehead atoms. The first-order chi connectivity index (χ1) is 17.4. The number of rotatable bonds is 3. The number of hydrogen-bond donors (Lipinski definition) is 0. The van der Waals surface area contributed by atoms with Crippen molar-refractivity contribution in [2.75, 3.05) is 0 Å². The zero-order valence-corrected chi connectivity index (χ0v) is 31.6. The topological polar surface area (TPSA) is 0 Å². The van der Waals surface area contributed by atoms with E-state index in [1.54, 1.807) is 19.9 Å². The average Bonchev–Trinajstić information content (AvgIpc) is 3.31. The van der Waals surface area contributed by atoms with Crippen molar-refractivity contribution in [3.8, 4) is 11.1 Å². The molecule has 0 N–H and O–H groups in total. The molecule has 0 amide bonds. The Morgan fingerprint density at radius 2 is 1.12 bits per heavy atom. The second kappa shape index (κ2) is 12.1. The minimum Gasteiger partial charge on any atom is -1.00 e. The Morgan fingerprint density at radius 3 is 1.45 bits per heavy atom. The second-order valence-corrected chi connectivity index (χ2v) is 22.7. The van der Waals surface area contributed by atoms with Crippen LogP contribution in [-0.2, 0) is 32.1 Å². The van der Waals surface area contributed by atoms with Crippen molar-refractivity contribution < 1.29 is 46.1 Å². The van der Waals surface area contributed by atoms with Crippen molar-refractivity contribution in [2.24, 2.45) is 11.3 Å². The Balaban J connectivity index is 0.00000280. The maximum Gasteiger partial charge on any atom is -1.00 e. The van der Waals surface area contributed by atoms with E-state index < -0.39 is 21.3 Å². The van der Waals surface area contributed by atoms with Gasteiger partial charge in [0.15, 0.2) is 0 Å². The summed E-state index contributed by atoms with van der Waals surface area (Å²) in [6, 6.07) is 10.4. The van der Waals surface area contributed by atoms with Crippen LogP contribution in [-0.4, -0.2) is 3.21 Å². The Morgan fingerprint density at radius 1 is 0.700 bits per heavy atom. The van der Waals surface area contributed by atoms with Gasteiger partial charge in [-0.3, -0.25) is 0 Å². The van der Waals surface area contributed by atoms with Crippen molar-refractivity contribution >= 4 is 3.21 Å². The summed E-state index contributed by atoms with van der Waals surface area (Å²) in [5.41, 5.74) is 14.2. The Hall–Kier alpha value is -0.747. The van der Waals surface area contributed by atoms with E-state index in [-0.39, 0.29) is 41.1 Å². The van der Waals surface area contributed by atoms with Gasteiger partial charge in [0.05, 0.1) is 0 Å². The first kappa shape index (κ1) is 35.4. The molecule has 0 aromatic heterocycles. The largest absolute Gasteiger partial charge is 1.00 e. The van der Waals surface area contributed by atoms with Gasteiger partial charge in [0, 0.05) is 0 Å². The number of halogens is 2. The van der Waals surface area contributed by atoms with Crippen LogP contribution in [0.3, 0.4) is 0 Å². The SMILES string of the molecule is CCC1C=C(C(C)(C)C)C=[C]1[Zr+2](=[C](C)C)[CH]1c2cc(C)c(C(C)(C)C)cc2-c2cc(C(C)(C)C)c(C)cc21.[Cl-].[Cl-]. The van der Waals surface area contributed by atoms with Gasteiger partial charge in [-0.25, -0.2) is 0 Å². The molecule has 0 heterocycles. The van der Waals surface area contributed by atoms with Crippen LogP contribution in [0.25, 0.3) is 11.1 Å². The third-order valence-corrected chi connectivity index (χ3v) is 17.2. The van der Waals surface area contributed by atoms with Crippen molar-refractivity contribution in [3.05, 3.63) is 78.7 Å². The van der Waals surface area contributed by atoms with E-state index in [9.17, 15) is 0 Å². The summed E-state index contributed by atoms with van der Waals surface area (Å²) < 4.78 is 4.10. The molecule has 2 aliphatic rings. The fraction of sp³-hybridized carbons (Fsp3) is 0.541. The van der Waals surface area contributed by atoms with E-state index in [0.29, 0.717) is 9.54 Å². The van der Waals surface area contributed by atoms with Crippen LogP contribution in [0.2, 0.25) is 0 Å². The molecule has 0 spiro atoms. The molecule has 2 aromatic carbocycles. The van der Waals surface area contributed by atoms with Crippen LogP contribution < -0.4 is 24.8 Å². The van der Waals surface area contributed by atoms with Crippen molar-refractivity contribution in [1.82, 2.24) is 0 Å². The van der Waals surface area contributed by atoms with Crippen LogP contribution in [0.15, 0.2) is 45.3 Å². The van der Waals surface area contributed by atoms with Crippen LogP contribution >= 0.6 is 0 Å². The fourth-order valence-corrected chi connectivity index (χ4v) is 15.8. The zero-order chi connectivity index (χ0) is 28.5. The zero-order valence-electron chi connectivity index (χ0n) is 27.6. The smallest absolute Gasteiger partial charge is 1.00 e. The van der Waals surface area contributed by atoms with Crippen molar-refractivity contribution in [3.63, 3.8) is 0 Å². The number of allylic oxidation sites excluding steroid dienone is 4. The summed E-state index contributed by atoms with van der Waals surface area (Å²) in [6.45, 7) is 33.3. The summed E-state index contributed by atoms with van der Waals surface area (Å²) in [5, 5.41) is 0. The molecule has 1 atom stereocenters. The maximum atomic E-state index is 2.67. The van der Waals surface area contributed by atoms with E-state index in [2.05, 4.69) is 133 Å². The Labute approximate surface area is 266 Å². The number of hydrogen-bond acceptors (Lipinski definition) is 0. The van der Waals surface area contributed by atoms with Gasteiger partial charge in [-0.2, -0.15) is 0 Å². The summed E-state index contributed by atoms with van der Waals surface area (Å²) >= 11 is -2.29. The molecule has 2 aromatic rings. The first-order valence-electron chi connectivity index (χ1n) is 14.8. The molecule has 0 radical (unpaired) electrons. The predicted molar refractivity (Wildman–Crippen MR) is 166 cm³/mol. The maximum absolute atomic E-state index is 2.67. The molecule has 40 heavy (non-hydrogen) atoms. The van der Waals surface area contributed by atoms with Gasteiger partial charge < -0.3 is 24.8 Å². The van der Waals surface area contributed by atoms with Gasteiger partial charge in [-0.05, 0) is 0 Å². The summed E-state index contributed by atoms with van der Waals surface area (Å²) in [7, 11) is 0. The van der Waals surface area contributed by atoms with E-state index >= 15 is 0 Å². The van der Waals surface area contributed by atoms with E-state index in [1.165, 1.54) is 39.8 Å². The van der Waals surface area contributed by atoms with Gasteiger partial charge in [0.25, 0.3) is 0 Å². The molecule has 218 valence electrons. The van der Waals surface area contributed by atoms with Crippen LogP contribution in [0, 0.1) is 25.2 Å². The van der Waals surface area contributed by atoms with Gasteiger partial charge in [0.1, 0.15) is 0 Å². The van der Waals surface area contributed by atoms with Crippen LogP contribution in [0.1, 0.15) is 127 Å². The number of benzene rings is 2. The second-order valence-electron chi connectivity index (χ2n) is 15.3. The van der Waals surface area contributed by atoms with Crippen LogP contribution in [0.5, 0.6) is 0 Å². The average molecular weight is 659 g/mol. The Kier molecular flexibility index (Phi) is 10.7. The third-order valence-electron chi connectivity index (χ3n) is 8.86. The van der Waals surface area contributed by atoms with E-state index in [4.69, 9.17) is 0 Å². The molecular formula is C37H52Cl2Zr. The van der Waals surface area contributed by atoms with Crippen molar-refractivity contribution in [2.45, 2.75) is 118 Å². The van der Waals surface area contributed by atoms with Crippen LogP contribution in [0.4, 0.5) is 0 Å². The molecule has 3 heteroatoms. The first-order valence-corrected chi connectivity index (χ1v) is 18.7. The molecule has 1 unspecified atom stereocenters. The molecule has 2 aliphatic carbocycles. The molecule has 0 saturated heterocycles. The van der Waals surface area contributed by atoms with Gasteiger partial charge >= 0.3 is 243 Å². The van der Waals surface area contributed by atoms with Crippen molar-refractivity contribution in [1.29, 1.82) is 0 Å². The van der Waals surface area contributed by atoms with E-state index in [0.717, 1.165) is 0 Å². The Bertz CT molecular complexity index is 1310. The molecular weight excluding hydrogens is 607 g/mol. The summed E-state index contributed by atoms with van der Waals surface area (Å²) in [5.74, 6) is 0.603. The fourth-order valence-electron chi connectivity index (χ4n) is 6.95. The van der Waals surface area contributed by atoms with Gasteiger partial charge in [0.2, 0.25) is 0 Å². The molecule has 0 aliphatic heterocycles. The normalized spacial score (nSPS) is 16.7. The summed E-state index contributed by atoms with van der Waals surface area (Å²) in [6.07, 6.45) is 6.50. The monoisotopic (exact) mass is 656 g/mol. The molecule has 0 nitrogen and oxygen atoms in total. The van der Waals surface area contributed by atoms with Gasteiger partial charge in [-0.15, -0.1) is 0 Å². The predicted octanol–water partition coefficient (Wildman–Crippen LogP) is 4.70. The number of aryl methyl sites for hydroxylation is 2.